The van der Waals surface area contributed by atoms with E-state index >= 15 is 0 Å². The first-order valence-electron chi connectivity index (χ1n) is 13.3. The number of nitrogens with zero attached hydrogens (tertiary/aromatic N) is 3. The number of hydrogen-bond acceptors (Lipinski definition) is 3. The highest BCUT2D eigenvalue weighted by Crippen LogP contribution is 2.36. The van der Waals surface area contributed by atoms with E-state index in [1.165, 1.54) is 5.56 Å². The fourth-order valence-corrected chi connectivity index (χ4v) is 5.35. The molecule has 0 aliphatic carbocycles. The zero-order chi connectivity index (χ0) is 25.8. The normalized spacial score (nSPS) is 16.5. The van der Waals surface area contributed by atoms with Gasteiger partial charge in [-0.15, -0.1) is 0 Å². The molecule has 4 aromatic rings. The van der Waals surface area contributed by atoms with Gasteiger partial charge in [0.1, 0.15) is 11.6 Å². The molecule has 0 radical (unpaired) electrons. The Kier molecular flexibility index (Phi) is 7.80. The summed E-state index contributed by atoms with van der Waals surface area (Å²) in [4.78, 5) is 19.7. The first kappa shape index (κ1) is 25.3. The van der Waals surface area contributed by atoms with E-state index in [0.29, 0.717) is 30.5 Å². The van der Waals surface area contributed by atoms with E-state index in [0.717, 1.165) is 54.1 Å². The van der Waals surface area contributed by atoms with Crippen LogP contribution in [0.4, 0.5) is 5.69 Å². The molecule has 1 aliphatic heterocycles. The van der Waals surface area contributed by atoms with Crippen molar-refractivity contribution >= 4 is 34.2 Å². The second-order valence-electron chi connectivity index (χ2n) is 9.90. The maximum atomic E-state index is 13.0. The van der Waals surface area contributed by atoms with Crippen LogP contribution in [0.2, 0.25) is 5.02 Å². The molecule has 2 heterocycles. The second kappa shape index (κ2) is 11.4. The lowest BCUT2D eigenvalue weighted by Crippen LogP contribution is -2.24. The molecule has 1 amide bonds. The summed E-state index contributed by atoms with van der Waals surface area (Å²) in [5.74, 6) is 2.58. The van der Waals surface area contributed by atoms with Crippen LogP contribution < -0.4 is 9.64 Å². The first-order chi connectivity index (χ1) is 18.0. The van der Waals surface area contributed by atoms with Gasteiger partial charge in [0.15, 0.2) is 0 Å². The zero-order valence-corrected chi connectivity index (χ0v) is 22.3. The maximum absolute atomic E-state index is 13.0. The lowest BCUT2D eigenvalue weighted by atomic mass is 9.99. The van der Waals surface area contributed by atoms with Crippen LogP contribution >= 0.6 is 11.6 Å². The zero-order valence-electron chi connectivity index (χ0n) is 21.6. The highest BCUT2D eigenvalue weighted by Gasteiger charge is 2.35. The van der Waals surface area contributed by atoms with Crippen molar-refractivity contribution < 1.29 is 9.53 Å². The molecule has 1 aromatic heterocycles. The third-order valence-corrected chi connectivity index (χ3v) is 7.74. The van der Waals surface area contributed by atoms with E-state index in [-0.39, 0.29) is 11.8 Å². The summed E-state index contributed by atoms with van der Waals surface area (Å²) in [5.41, 5.74) is 4.21. The summed E-state index contributed by atoms with van der Waals surface area (Å²) < 4.78 is 8.31. The fourth-order valence-electron chi connectivity index (χ4n) is 5.12. The molecule has 5 nitrogen and oxygen atoms in total. The number of imidazole rings is 1. The smallest absolute Gasteiger partial charge is 0.227 e. The van der Waals surface area contributed by atoms with E-state index in [1.807, 2.05) is 42.5 Å². The fraction of sp³-hybridized carbons (Fsp3) is 0.355. The molecule has 3 aromatic carbocycles. The van der Waals surface area contributed by atoms with Crippen LogP contribution in [0.5, 0.6) is 5.75 Å². The topological polar surface area (TPSA) is 47.4 Å². The lowest BCUT2D eigenvalue weighted by molar-refractivity contribution is -0.117. The number of hydrogen-bond donors (Lipinski definition) is 0. The third kappa shape index (κ3) is 5.52. The average Bonchev–Trinajstić information content (AvgIpc) is 3.49. The molecule has 0 bridgehead atoms. The molecule has 0 spiro atoms. The van der Waals surface area contributed by atoms with Gasteiger partial charge in [0.25, 0.3) is 0 Å². The van der Waals surface area contributed by atoms with Crippen LogP contribution in [0.15, 0.2) is 72.8 Å². The predicted octanol–water partition coefficient (Wildman–Crippen LogP) is 7.58. The summed E-state index contributed by atoms with van der Waals surface area (Å²) in [5, 5.41) is 0.597. The lowest BCUT2D eigenvalue weighted by Gasteiger charge is -2.18. The number of para-hydroxylation sites is 3. The SMILES string of the molecule is CCC(C)c1ccc(OCCCCn2c(C3CC(=O)N(c4ccccc4Cl)C3)nc3ccccc32)cc1. The Morgan fingerprint density at radius 1 is 1.03 bits per heavy atom. The van der Waals surface area contributed by atoms with E-state index in [2.05, 4.69) is 48.7 Å². The quantitative estimate of drug-likeness (QED) is 0.204. The minimum absolute atomic E-state index is 0.0245. The summed E-state index contributed by atoms with van der Waals surface area (Å²) in [6.45, 7) is 6.56. The van der Waals surface area contributed by atoms with Crippen LogP contribution in [-0.2, 0) is 11.3 Å². The predicted molar refractivity (Wildman–Crippen MR) is 151 cm³/mol. The van der Waals surface area contributed by atoms with Crippen LogP contribution in [0.25, 0.3) is 11.0 Å². The van der Waals surface area contributed by atoms with Crippen molar-refractivity contribution in [2.45, 2.75) is 57.9 Å². The Morgan fingerprint density at radius 3 is 2.57 bits per heavy atom. The molecule has 37 heavy (non-hydrogen) atoms. The largest absolute Gasteiger partial charge is 0.494 e. The van der Waals surface area contributed by atoms with E-state index in [9.17, 15) is 4.79 Å². The number of ether oxygens (including phenoxy) is 1. The number of rotatable bonds is 10. The van der Waals surface area contributed by atoms with E-state index in [1.54, 1.807) is 4.90 Å². The summed E-state index contributed by atoms with van der Waals surface area (Å²) in [7, 11) is 0. The third-order valence-electron chi connectivity index (χ3n) is 7.42. The van der Waals surface area contributed by atoms with E-state index < -0.39 is 0 Å². The number of halogens is 1. The van der Waals surface area contributed by atoms with Crippen molar-refractivity contribution in [3.05, 3.63) is 89.2 Å². The van der Waals surface area contributed by atoms with Crippen LogP contribution in [0.3, 0.4) is 0 Å². The van der Waals surface area contributed by atoms with Gasteiger partial charge in [-0.2, -0.15) is 0 Å². The minimum atomic E-state index is 0.0245. The maximum Gasteiger partial charge on any atom is 0.227 e. The standard InChI is InChI=1S/C31H34ClN3O2/c1-3-22(2)23-14-16-25(17-15-23)37-19-9-8-18-34-29-13-7-5-11-27(29)33-31(34)24-20-30(36)35(21-24)28-12-6-4-10-26(28)32/h4-7,10-17,22,24H,3,8-9,18-21H2,1-2H3. The van der Waals surface area contributed by atoms with Crippen molar-refractivity contribution in [1.82, 2.24) is 9.55 Å². The summed E-state index contributed by atoms with van der Waals surface area (Å²) in [6.07, 6.45) is 3.48. The molecular formula is C31H34ClN3O2. The summed E-state index contributed by atoms with van der Waals surface area (Å²) in [6, 6.07) is 24.2. The first-order valence-corrected chi connectivity index (χ1v) is 13.7. The highest BCUT2D eigenvalue weighted by atomic mass is 35.5. The molecule has 2 atom stereocenters. The van der Waals surface area contributed by atoms with Gasteiger partial charge < -0.3 is 14.2 Å². The molecule has 1 fully saturated rings. The molecule has 192 valence electrons. The van der Waals surface area contributed by atoms with Gasteiger partial charge in [-0.3, -0.25) is 4.79 Å². The number of aryl methyl sites for hydroxylation is 1. The molecular weight excluding hydrogens is 482 g/mol. The Bertz CT molecular complexity index is 1360. The van der Waals surface area contributed by atoms with Gasteiger partial charge in [-0.25, -0.2) is 4.98 Å². The number of benzene rings is 3. The van der Waals surface area contributed by atoms with Gasteiger partial charge in [-0.05, 0) is 67.1 Å². The Morgan fingerprint density at radius 2 is 1.78 bits per heavy atom. The van der Waals surface area contributed by atoms with Crippen LogP contribution in [0.1, 0.15) is 62.8 Å². The Hall–Kier alpha value is -3.31. The van der Waals surface area contributed by atoms with E-state index in [4.69, 9.17) is 21.3 Å². The number of anilines is 1. The molecule has 2 unspecified atom stereocenters. The molecule has 1 aliphatic rings. The Balaban J connectivity index is 1.24. The number of amides is 1. The number of carbonyl (C=O) groups is 1. The van der Waals surface area contributed by atoms with Gasteiger partial charge in [0, 0.05) is 25.4 Å². The van der Waals surface area contributed by atoms with Crippen molar-refractivity contribution in [2.75, 3.05) is 18.1 Å². The number of aromatic nitrogens is 2. The molecule has 5 rings (SSSR count). The van der Waals surface area contributed by atoms with Crippen molar-refractivity contribution in [3.8, 4) is 5.75 Å². The second-order valence-corrected chi connectivity index (χ2v) is 10.3. The van der Waals surface area contributed by atoms with Crippen molar-refractivity contribution in [3.63, 3.8) is 0 Å². The van der Waals surface area contributed by atoms with Crippen molar-refractivity contribution in [2.24, 2.45) is 0 Å². The Labute approximate surface area is 224 Å². The van der Waals surface area contributed by atoms with Gasteiger partial charge in [0.2, 0.25) is 5.91 Å². The number of fused-ring (bicyclic) bond motifs is 1. The summed E-state index contributed by atoms with van der Waals surface area (Å²) >= 11 is 6.40. The number of unbranched alkanes of at least 4 members (excludes halogenated alkanes) is 1. The highest BCUT2D eigenvalue weighted by molar-refractivity contribution is 6.33. The van der Waals surface area contributed by atoms with Crippen LogP contribution in [-0.4, -0.2) is 28.6 Å². The minimum Gasteiger partial charge on any atom is -0.494 e. The monoisotopic (exact) mass is 515 g/mol. The van der Waals surface area contributed by atoms with Crippen molar-refractivity contribution in [1.29, 1.82) is 0 Å². The van der Waals surface area contributed by atoms with Gasteiger partial charge >= 0.3 is 0 Å². The van der Waals surface area contributed by atoms with Crippen LogP contribution in [0, 0.1) is 0 Å². The number of carbonyl (C=O) groups excluding carboxylic acids is 1. The molecule has 1 saturated heterocycles. The van der Waals surface area contributed by atoms with Gasteiger partial charge in [0.05, 0.1) is 28.4 Å². The van der Waals surface area contributed by atoms with Gasteiger partial charge in [-0.1, -0.05) is 61.8 Å². The average molecular weight is 516 g/mol. The molecule has 6 heteroatoms. The molecule has 0 saturated carbocycles. The molecule has 0 N–H and O–H groups in total.